The maximum Gasteiger partial charge on any atom is 0.240 e. The minimum atomic E-state index is -3.44. The topological polar surface area (TPSA) is 75.3 Å². The lowest BCUT2D eigenvalue weighted by Crippen LogP contribution is -2.26. The lowest BCUT2D eigenvalue weighted by molar-refractivity contribution is -0.120. The van der Waals surface area contributed by atoms with Crippen molar-refractivity contribution in [3.8, 4) is 0 Å². The molecule has 1 saturated carbocycles. The number of hydrogen-bond donors (Lipinski definition) is 2. The minimum Gasteiger partial charge on any atom is -0.355 e. The van der Waals surface area contributed by atoms with Crippen LogP contribution in [0.1, 0.15) is 30.4 Å². The van der Waals surface area contributed by atoms with Crippen molar-refractivity contribution in [1.29, 1.82) is 0 Å². The Morgan fingerprint density at radius 1 is 1.10 bits per heavy atom. The lowest BCUT2D eigenvalue weighted by Gasteiger charge is -2.08. The molecule has 1 fully saturated rings. The molecule has 5 nitrogen and oxygen atoms in total. The number of carbonyl (C=O) groups is 1. The van der Waals surface area contributed by atoms with Gasteiger partial charge in [0.15, 0.2) is 0 Å². The van der Waals surface area contributed by atoms with Crippen LogP contribution in [-0.4, -0.2) is 32.7 Å². The highest BCUT2D eigenvalue weighted by Gasteiger charge is 2.27. The van der Waals surface area contributed by atoms with Gasteiger partial charge in [-0.25, -0.2) is 17.5 Å². The molecule has 2 aromatic carbocycles. The van der Waals surface area contributed by atoms with Crippen LogP contribution in [0.25, 0.3) is 0 Å². The van der Waals surface area contributed by atoms with Crippen LogP contribution in [0, 0.1) is 5.82 Å². The molecule has 0 bridgehead atoms. The summed E-state index contributed by atoms with van der Waals surface area (Å²) in [6, 6.07) is 13.4. The van der Waals surface area contributed by atoms with Crippen LogP contribution >= 0.6 is 11.8 Å². The smallest absolute Gasteiger partial charge is 0.240 e. The van der Waals surface area contributed by atoms with Crippen molar-refractivity contribution in [3.05, 3.63) is 65.5 Å². The van der Waals surface area contributed by atoms with E-state index in [1.165, 1.54) is 6.07 Å². The molecule has 29 heavy (non-hydrogen) atoms. The van der Waals surface area contributed by atoms with E-state index in [2.05, 4.69) is 10.0 Å². The minimum absolute atomic E-state index is 0.0522. The molecule has 156 valence electrons. The zero-order valence-corrected chi connectivity index (χ0v) is 17.7. The van der Waals surface area contributed by atoms with Gasteiger partial charge < -0.3 is 5.32 Å². The van der Waals surface area contributed by atoms with E-state index in [1.807, 2.05) is 6.07 Å². The number of aryl methyl sites for hydroxylation is 1. The molecule has 0 spiro atoms. The number of hydrogen-bond acceptors (Lipinski definition) is 4. The van der Waals surface area contributed by atoms with Crippen LogP contribution in [0.3, 0.4) is 0 Å². The standard InChI is InChI=1S/C21H25FN2O3S2/c22-20-4-2-1-3-17(20)15-28-14-13-23-21(25)12-7-16-5-10-19(11-6-16)29(26,27)24-18-8-9-18/h1-6,10-11,18,24H,7-9,12-15H2,(H,23,25). The fourth-order valence-electron chi connectivity index (χ4n) is 2.73. The third kappa shape index (κ3) is 7.13. The lowest BCUT2D eigenvalue weighted by atomic mass is 10.1. The van der Waals surface area contributed by atoms with Crippen LogP contribution in [0.5, 0.6) is 0 Å². The van der Waals surface area contributed by atoms with E-state index in [1.54, 1.807) is 48.2 Å². The first kappa shape index (κ1) is 21.8. The molecular formula is C21H25FN2O3S2. The van der Waals surface area contributed by atoms with E-state index in [0.29, 0.717) is 36.5 Å². The number of halogens is 1. The maximum absolute atomic E-state index is 13.5. The van der Waals surface area contributed by atoms with Gasteiger partial charge in [0.05, 0.1) is 4.90 Å². The summed E-state index contributed by atoms with van der Waals surface area (Å²) in [4.78, 5) is 12.2. The van der Waals surface area contributed by atoms with E-state index in [4.69, 9.17) is 0 Å². The van der Waals surface area contributed by atoms with E-state index in [-0.39, 0.29) is 22.7 Å². The number of nitrogens with one attached hydrogen (secondary N) is 2. The van der Waals surface area contributed by atoms with Gasteiger partial charge in [-0.3, -0.25) is 4.79 Å². The van der Waals surface area contributed by atoms with Gasteiger partial charge in [0, 0.05) is 30.5 Å². The fourth-order valence-corrected chi connectivity index (χ4v) is 4.88. The highest BCUT2D eigenvalue weighted by molar-refractivity contribution is 7.98. The second-order valence-electron chi connectivity index (χ2n) is 7.03. The fraction of sp³-hybridized carbons (Fsp3) is 0.381. The van der Waals surface area contributed by atoms with Crippen LogP contribution in [-0.2, 0) is 27.0 Å². The highest BCUT2D eigenvalue weighted by atomic mass is 32.2. The van der Waals surface area contributed by atoms with Crippen molar-refractivity contribution in [1.82, 2.24) is 10.0 Å². The first-order valence-electron chi connectivity index (χ1n) is 9.63. The van der Waals surface area contributed by atoms with E-state index < -0.39 is 10.0 Å². The molecule has 1 aliphatic carbocycles. The van der Waals surface area contributed by atoms with E-state index in [9.17, 15) is 17.6 Å². The molecule has 0 unspecified atom stereocenters. The average Bonchev–Trinajstić information content (AvgIpc) is 3.51. The van der Waals surface area contributed by atoms with Crippen molar-refractivity contribution in [2.75, 3.05) is 12.3 Å². The van der Waals surface area contributed by atoms with Gasteiger partial charge in [-0.2, -0.15) is 11.8 Å². The largest absolute Gasteiger partial charge is 0.355 e. The molecule has 0 aliphatic heterocycles. The molecule has 2 N–H and O–H groups in total. The number of sulfonamides is 1. The van der Waals surface area contributed by atoms with Crippen LogP contribution in [0.4, 0.5) is 4.39 Å². The van der Waals surface area contributed by atoms with Crippen molar-refractivity contribution < 1.29 is 17.6 Å². The van der Waals surface area contributed by atoms with Crippen molar-refractivity contribution >= 4 is 27.7 Å². The van der Waals surface area contributed by atoms with Gasteiger partial charge in [0.1, 0.15) is 5.82 Å². The predicted molar refractivity (Wildman–Crippen MR) is 114 cm³/mol. The summed E-state index contributed by atoms with van der Waals surface area (Å²) in [6.45, 7) is 0.530. The third-order valence-corrected chi connectivity index (χ3v) is 7.10. The normalized spacial score (nSPS) is 14.0. The highest BCUT2D eigenvalue weighted by Crippen LogP contribution is 2.22. The molecule has 0 aromatic heterocycles. The Morgan fingerprint density at radius 3 is 2.52 bits per heavy atom. The molecule has 1 aliphatic rings. The summed E-state index contributed by atoms with van der Waals surface area (Å²) >= 11 is 1.57. The average molecular weight is 437 g/mol. The number of thioether (sulfide) groups is 1. The Labute approximate surface area is 175 Å². The SMILES string of the molecule is O=C(CCc1ccc(S(=O)(=O)NC2CC2)cc1)NCCSCc1ccccc1F. The molecule has 0 atom stereocenters. The second kappa shape index (κ2) is 10.2. The van der Waals surface area contributed by atoms with Gasteiger partial charge >= 0.3 is 0 Å². The number of carbonyl (C=O) groups excluding carboxylic acids is 1. The Hall–Kier alpha value is -1.90. The summed E-state index contributed by atoms with van der Waals surface area (Å²) < 4.78 is 40.5. The van der Waals surface area contributed by atoms with E-state index in [0.717, 1.165) is 18.4 Å². The summed E-state index contributed by atoms with van der Waals surface area (Å²) in [7, 11) is -3.44. The first-order valence-corrected chi connectivity index (χ1v) is 12.3. The Balaban J connectivity index is 1.33. The molecule has 0 saturated heterocycles. The number of rotatable bonds is 11. The Bertz CT molecular complexity index is 929. The summed E-state index contributed by atoms with van der Waals surface area (Å²) in [6.07, 6.45) is 2.68. The summed E-state index contributed by atoms with van der Waals surface area (Å²) in [5.41, 5.74) is 1.58. The van der Waals surface area contributed by atoms with Gasteiger partial charge in [-0.1, -0.05) is 30.3 Å². The van der Waals surface area contributed by atoms with Crippen LogP contribution < -0.4 is 10.0 Å². The monoisotopic (exact) mass is 436 g/mol. The molecule has 8 heteroatoms. The Kier molecular flexibility index (Phi) is 7.69. The molecule has 1 amide bonds. The van der Waals surface area contributed by atoms with Crippen molar-refractivity contribution in [3.63, 3.8) is 0 Å². The van der Waals surface area contributed by atoms with Crippen LogP contribution in [0.15, 0.2) is 53.4 Å². The van der Waals surface area contributed by atoms with Crippen molar-refractivity contribution in [2.24, 2.45) is 0 Å². The van der Waals surface area contributed by atoms with Gasteiger partial charge in [-0.15, -0.1) is 0 Å². The zero-order valence-electron chi connectivity index (χ0n) is 16.1. The zero-order chi connectivity index (χ0) is 20.7. The van der Waals surface area contributed by atoms with Gasteiger partial charge in [0.2, 0.25) is 15.9 Å². The summed E-state index contributed by atoms with van der Waals surface area (Å²) in [5.74, 6) is 1.03. The van der Waals surface area contributed by atoms with Crippen LogP contribution in [0.2, 0.25) is 0 Å². The molecule has 2 aromatic rings. The quantitative estimate of drug-likeness (QED) is 0.530. The summed E-state index contributed by atoms with van der Waals surface area (Å²) in [5, 5.41) is 2.86. The first-order chi connectivity index (χ1) is 13.9. The number of benzene rings is 2. The van der Waals surface area contributed by atoms with Gasteiger partial charge in [0.25, 0.3) is 0 Å². The predicted octanol–water partition coefficient (Wildman–Crippen LogP) is 3.25. The third-order valence-electron chi connectivity index (χ3n) is 4.56. The molecular weight excluding hydrogens is 411 g/mol. The molecule has 0 radical (unpaired) electrons. The maximum atomic E-state index is 13.5. The Morgan fingerprint density at radius 2 is 1.83 bits per heavy atom. The van der Waals surface area contributed by atoms with Crippen molar-refractivity contribution in [2.45, 2.75) is 42.4 Å². The molecule has 3 rings (SSSR count). The molecule has 0 heterocycles. The second-order valence-corrected chi connectivity index (χ2v) is 9.85. The van der Waals surface area contributed by atoms with Gasteiger partial charge in [-0.05, 0) is 48.6 Å². The van der Waals surface area contributed by atoms with E-state index >= 15 is 0 Å². The number of amides is 1.